The molecule has 2 nitrogen and oxygen atoms in total. The number of nitrogens with zero attached hydrogens (tertiary/aromatic N) is 1. The van der Waals surface area contributed by atoms with Crippen LogP contribution in [0.25, 0.3) is 0 Å². The molecule has 1 aromatic rings. The van der Waals surface area contributed by atoms with Gasteiger partial charge in [0.1, 0.15) is 5.54 Å². The number of benzene rings is 1. The minimum Gasteiger partial charge on any atom is -0.366 e. The predicted octanol–water partition coefficient (Wildman–Crippen LogP) is 4.61. The standard InChI is InChI=1S/C14H19ClN2/c1-3-4-7-10-14(2,11-16)17-13-9-6-5-8-12(13)15/h5-6,8-9,17H,3-4,7,10H2,1-2H3. The predicted molar refractivity (Wildman–Crippen MR) is 73.2 cm³/mol. The molecule has 0 saturated heterocycles. The normalized spacial score (nSPS) is 13.8. The maximum Gasteiger partial charge on any atom is 0.122 e. The van der Waals surface area contributed by atoms with Gasteiger partial charge in [-0.3, -0.25) is 0 Å². The van der Waals surface area contributed by atoms with Crippen molar-refractivity contribution in [3.05, 3.63) is 29.3 Å². The smallest absolute Gasteiger partial charge is 0.122 e. The molecule has 0 amide bonds. The van der Waals surface area contributed by atoms with E-state index in [1.54, 1.807) is 0 Å². The van der Waals surface area contributed by atoms with E-state index in [2.05, 4.69) is 18.3 Å². The summed E-state index contributed by atoms with van der Waals surface area (Å²) < 4.78 is 0. The monoisotopic (exact) mass is 250 g/mol. The average molecular weight is 251 g/mol. The highest BCUT2D eigenvalue weighted by molar-refractivity contribution is 6.33. The molecule has 1 atom stereocenters. The molecule has 3 heteroatoms. The lowest BCUT2D eigenvalue weighted by atomic mass is 9.95. The van der Waals surface area contributed by atoms with Crippen LogP contribution in [-0.2, 0) is 0 Å². The highest BCUT2D eigenvalue weighted by atomic mass is 35.5. The minimum atomic E-state index is -0.542. The van der Waals surface area contributed by atoms with E-state index in [-0.39, 0.29) is 0 Å². The number of nitrogens with one attached hydrogen (secondary N) is 1. The Morgan fingerprint density at radius 1 is 1.35 bits per heavy atom. The molecule has 0 aromatic heterocycles. The molecule has 0 aliphatic carbocycles. The van der Waals surface area contributed by atoms with Gasteiger partial charge in [-0.2, -0.15) is 5.26 Å². The fourth-order valence-electron chi connectivity index (χ4n) is 1.73. The summed E-state index contributed by atoms with van der Waals surface area (Å²) in [5, 5.41) is 13.2. The first-order valence-electron chi connectivity index (χ1n) is 6.05. The number of halogens is 1. The fourth-order valence-corrected chi connectivity index (χ4v) is 1.92. The van der Waals surface area contributed by atoms with Crippen LogP contribution in [0.1, 0.15) is 39.5 Å². The van der Waals surface area contributed by atoms with Crippen molar-refractivity contribution in [1.29, 1.82) is 5.26 Å². The van der Waals surface area contributed by atoms with Gasteiger partial charge in [-0.15, -0.1) is 0 Å². The Bertz CT molecular complexity index is 397. The molecule has 17 heavy (non-hydrogen) atoms. The van der Waals surface area contributed by atoms with Crippen LogP contribution in [0.3, 0.4) is 0 Å². The third kappa shape index (κ3) is 4.28. The Kier molecular flexibility index (Phi) is 5.31. The highest BCUT2D eigenvalue weighted by Gasteiger charge is 2.23. The number of rotatable bonds is 6. The lowest BCUT2D eigenvalue weighted by Gasteiger charge is -2.25. The van der Waals surface area contributed by atoms with E-state index in [4.69, 9.17) is 11.6 Å². The Labute approximate surface area is 109 Å². The van der Waals surface area contributed by atoms with Crippen molar-refractivity contribution >= 4 is 17.3 Å². The van der Waals surface area contributed by atoms with Crippen LogP contribution in [0.4, 0.5) is 5.69 Å². The van der Waals surface area contributed by atoms with E-state index in [1.807, 2.05) is 31.2 Å². The molecule has 0 bridgehead atoms. The van der Waals surface area contributed by atoms with Crippen LogP contribution in [0.5, 0.6) is 0 Å². The molecule has 0 spiro atoms. The molecule has 0 fully saturated rings. The van der Waals surface area contributed by atoms with Gasteiger partial charge in [-0.1, -0.05) is 49.9 Å². The number of hydrogen-bond donors (Lipinski definition) is 1. The first-order chi connectivity index (χ1) is 8.11. The van der Waals surface area contributed by atoms with Gasteiger partial charge >= 0.3 is 0 Å². The lowest BCUT2D eigenvalue weighted by molar-refractivity contribution is 0.538. The van der Waals surface area contributed by atoms with Crippen molar-refractivity contribution < 1.29 is 0 Å². The summed E-state index contributed by atoms with van der Waals surface area (Å²) in [7, 11) is 0. The summed E-state index contributed by atoms with van der Waals surface area (Å²) in [5.74, 6) is 0. The summed E-state index contributed by atoms with van der Waals surface area (Å²) in [6.45, 7) is 4.08. The van der Waals surface area contributed by atoms with Gasteiger partial charge in [0.2, 0.25) is 0 Å². The van der Waals surface area contributed by atoms with Gasteiger partial charge in [0.15, 0.2) is 0 Å². The molecule has 0 aliphatic rings. The number of unbranched alkanes of at least 4 members (excludes halogenated alkanes) is 2. The first kappa shape index (κ1) is 13.9. The second-order valence-electron chi connectivity index (χ2n) is 4.51. The average Bonchev–Trinajstić information content (AvgIpc) is 2.33. The third-order valence-electron chi connectivity index (χ3n) is 2.81. The van der Waals surface area contributed by atoms with Gasteiger partial charge in [-0.05, 0) is 25.5 Å². The van der Waals surface area contributed by atoms with E-state index in [9.17, 15) is 5.26 Å². The Balaban J connectivity index is 2.69. The molecule has 1 rings (SSSR count). The number of hydrogen-bond acceptors (Lipinski definition) is 2. The summed E-state index contributed by atoms with van der Waals surface area (Å²) in [6, 6.07) is 9.87. The van der Waals surface area contributed by atoms with E-state index in [0.29, 0.717) is 5.02 Å². The second-order valence-corrected chi connectivity index (χ2v) is 4.91. The van der Waals surface area contributed by atoms with Crippen LogP contribution in [0.15, 0.2) is 24.3 Å². The summed E-state index contributed by atoms with van der Waals surface area (Å²) in [5.41, 5.74) is 0.287. The fraction of sp³-hybridized carbons (Fsp3) is 0.500. The molecule has 0 heterocycles. The van der Waals surface area contributed by atoms with Crippen molar-refractivity contribution in [1.82, 2.24) is 0 Å². The van der Waals surface area contributed by atoms with E-state index in [0.717, 1.165) is 31.4 Å². The molecule has 1 unspecified atom stereocenters. The maximum atomic E-state index is 9.28. The number of anilines is 1. The van der Waals surface area contributed by atoms with Crippen molar-refractivity contribution in [3.8, 4) is 6.07 Å². The van der Waals surface area contributed by atoms with Gasteiger partial charge in [0, 0.05) is 0 Å². The zero-order chi connectivity index (χ0) is 12.7. The van der Waals surface area contributed by atoms with Crippen LogP contribution in [0.2, 0.25) is 5.02 Å². The topological polar surface area (TPSA) is 35.8 Å². The lowest BCUT2D eigenvalue weighted by Crippen LogP contribution is -2.32. The number of nitriles is 1. The van der Waals surface area contributed by atoms with Crippen molar-refractivity contribution in [3.63, 3.8) is 0 Å². The summed E-state index contributed by atoms with van der Waals surface area (Å²) >= 11 is 6.08. The molecule has 1 aromatic carbocycles. The summed E-state index contributed by atoms with van der Waals surface area (Å²) in [6.07, 6.45) is 4.20. The van der Waals surface area contributed by atoms with Gasteiger partial charge in [-0.25, -0.2) is 0 Å². The number of para-hydroxylation sites is 1. The minimum absolute atomic E-state index is 0.542. The van der Waals surface area contributed by atoms with E-state index >= 15 is 0 Å². The molecule has 92 valence electrons. The first-order valence-corrected chi connectivity index (χ1v) is 6.43. The Morgan fingerprint density at radius 2 is 2.06 bits per heavy atom. The molecular weight excluding hydrogens is 232 g/mol. The van der Waals surface area contributed by atoms with E-state index in [1.165, 1.54) is 0 Å². The SMILES string of the molecule is CCCCCC(C)(C#N)Nc1ccccc1Cl. The Hall–Kier alpha value is -1.20. The van der Waals surface area contributed by atoms with Crippen molar-refractivity contribution in [2.75, 3.05) is 5.32 Å². The van der Waals surface area contributed by atoms with Crippen LogP contribution in [0, 0.1) is 11.3 Å². The quantitative estimate of drug-likeness (QED) is 0.748. The van der Waals surface area contributed by atoms with Gasteiger partial charge in [0.25, 0.3) is 0 Å². The maximum absolute atomic E-state index is 9.28. The van der Waals surface area contributed by atoms with Crippen LogP contribution < -0.4 is 5.32 Å². The summed E-state index contributed by atoms with van der Waals surface area (Å²) in [4.78, 5) is 0. The van der Waals surface area contributed by atoms with Crippen molar-refractivity contribution in [2.45, 2.75) is 45.1 Å². The molecular formula is C14H19ClN2. The molecule has 0 saturated carbocycles. The van der Waals surface area contributed by atoms with Crippen molar-refractivity contribution in [2.24, 2.45) is 0 Å². The van der Waals surface area contributed by atoms with Gasteiger partial charge < -0.3 is 5.32 Å². The van der Waals surface area contributed by atoms with Gasteiger partial charge in [0.05, 0.1) is 16.8 Å². The second kappa shape index (κ2) is 6.51. The molecule has 0 radical (unpaired) electrons. The van der Waals surface area contributed by atoms with Crippen LogP contribution in [-0.4, -0.2) is 5.54 Å². The zero-order valence-electron chi connectivity index (χ0n) is 10.5. The third-order valence-corrected chi connectivity index (χ3v) is 3.14. The highest BCUT2D eigenvalue weighted by Crippen LogP contribution is 2.26. The zero-order valence-corrected chi connectivity index (χ0v) is 11.2. The largest absolute Gasteiger partial charge is 0.366 e. The van der Waals surface area contributed by atoms with Crippen LogP contribution >= 0.6 is 11.6 Å². The van der Waals surface area contributed by atoms with E-state index < -0.39 is 5.54 Å². The Morgan fingerprint density at radius 3 is 2.65 bits per heavy atom. The molecule has 1 N–H and O–H groups in total. The molecule has 0 aliphatic heterocycles.